The lowest BCUT2D eigenvalue weighted by atomic mass is 9.84. The van der Waals surface area contributed by atoms with Crippen LogP contribution in [-0.2, 0) is 4.74 Å². The Morgan fingerprint density at radius 3 is 2.50 bits per heavy atom. The molecule has 0 saturated heterocycles. The Hall–Kier alpha value is -0.630. The minimum absolute atomic E-state index is 0.0532. The first-order valence-corrected chi connectivity index (χ1v) is 5.09. The standard InChI is InChI=1S/C12H19FO/c1-9(2)14-11-10(13)7-5-6-8-12(11,3)4/h5-11H,1-4H3. The Morgan fingerprint density at radius 2 is 1.93 bits per heavy atom. The minimum atomic E-state index is -1.03. The van der Waals surface area contributed by atoms with Gasteiger partial charge < -0.3 is 4.74 Å². The molecule has 80 valence electrons. The van der Waals surface area contributed by atoms with Gasteiger partial charge >= 0.3 is 0 Å². The Labute approximate surface area is 85.6 Å². The highest BCUT2D eigenvalue weighted by molar-refractivity contribution is 5.17. The van der Waals surface area contributed by atoms with E-state index in [2.05, 4.69) is 0 Å². The highest BCUT2D eigenvalue weighted by Gasteiger charge is 2.35. The molecule has 0 radical (unpaired) electrons. The van der Waals surface area contributed by atoms with Crippen LogP contribution in [0.15, 0.2) is 24.3 Å². The summed E-state index contributed by atoms with van der Waals surface area (Å²) in [4.78, 5) is 0. The van der Waals surface area contributed by atoms with Crippen molar-refractivity contribution in [3.05, 3.63) is 24.3 Å². The number of allylic oxidation sites excluding steroid dienone is 2. The van der Waals surface area contributed by atoms with Crippen LogP contribution in [0.3, 0.4) is 0 Å². The molecule has 0 saturated carbocycles. The third-order valence-corrected chi connectivity index (χ3v) is 2.37. The summed E-state index contributed by atoms with van der Waals surface area (Å²) in [5.41, 5.74) is -0.257. The number of ether oxygens (including phenoxy) is 1. The largest absolute Gasteiger partial charge is 0.371 e. The predicted molar refractivity (Wildman–Crippen MR) is 57.0 cm³/mol. The van der Waals surface area contributed by atoms with Gasteiger partial charge in [0.05, 0.1) is 6.10 Å². The Balaban J connectivity index is 2.84. The van der Waals surface area contributed by atoms with Crippen molar-refractivity contribution in [1.29, 1.82) is 0 Å². The molecule has 14 heavy (non-hydrogen) atoms. The van der Waals surface area contributed by atoms with Gasteiger partial charge in [-0.15, -0.1) is 0 Å². The molecule has 0 aliphatic heterocycles. The zero-order chi connectivity index (χ0) is 10.8. The van der Waals surface area contributed by atoms with E-state index >= 15 is 0 Å². The maximum absolute atomic E-state index is 13.7. The van der Waals surface area contributed by atoms with Crippen molar-refractivity contribution in [2.45, 2.75) is 46.1 Å². The monoisotopic (exact) mass is 198 g/mol. The lowest BCUT2D eigenvalue weighted by Crippen LogP contribution is -2.39. The third kappa shape index (κ3) is 2.68. The van der Waals surface area contributed by atoms with Crippen LogP contribution >= 0.6 is 0 Å². The first kappa shape index (κ1) is 11.4. The van der Waals surface area contributed by atoms with Crippen LogP contribution in [0.5, 0.6) is 0 Å². The smallest absolute Gasteiger partial charge is 0.145 e. The first-order valence-electron chi connectivity index (χ1n) is 5.09. The van der Waals surface area contributed by atoms with Gasteiger partial charge in [0.25, 0.3) is 0 Å². The van der Waals surface area contributed by atoms with Crippen molar-refractivity contribution >= 4 is 0 Å². The molecular weight excluding hydrogens is 179 g/mol. The fraction of sp³-hybridized carbons (Fsp3) is 0.667. The van der Waals surface area contributed by atoms with Gasteiger partial charge in [-0.1, -0.05) is 32.1 Å². The van der Waals surface area contributed by atoms with Crippen molar-refractivity contribution < 1.29 is 9.13 Å². The molecule has 1 aliphatic rings. The molecule has 0 aromatic heterocycles. The summed E-state index contributed by atoms with van der Waals surface area (Å²) in [6.07, 6.45) is 5.82. The molecule has 2 atom stereocenters. The number of rotatable bonds is 2. The minimum Gasteiger partial charge on any atom is -0.371 e. The maximum atomic E-state index is 13.7. The van der Waals surface area contributed by atoms with E-state index in [0.29, 0.717) is 0 Å². The van der Waals surface area contributed by atoms with Crippen LogP contribution in [0.4, 0.5) is 4.39 Å². The number of hydrogen-bond acceptors (Lipinski definition) is 1. The maximum Gasteiger partial charge on any atom is 0.145 e. The second kappa shape index (κ2) is 4.26. The molecule has 1 nitrogen and oxygen atoms in total. The van der Waals surface area contributed by atoms with Gasteiger partial charge in [-0.05, 0) is 19.9 Å². The van der Waals surface area contributed by atoms with Gasteiger partial charge in [-0.2, -0.15) is 0 Å². The zero-order valence-corrected chi connectivity index (χ0v) is 9.33. The second-order valence-electron chi connectivity index (χ2n) is 4.62. The van der Waals surface area contributed by atoms with Crippen molar-refractivity contribution in [3.63, 3.8) is 0 Å². The summed E-state index contributed by atoms with van der Waals surface area (Å²) in [6, 6.07) is 0. The second-order valence-corrected chi connectivity index (χ2v) is 4.62. The van der Waals surface area contributed by atoms with E-state index in [4.69, 9.17) is 4.74 Å². The van der Waals surface area contributed by atoms with E-state index < -0.39 is 12.3 Å². The van der Waals surface area contributed by atoms with Crippen molar-refractivity contribution in [2.24, 2.45) is 5.41 Å². The average Bonchev–Trinajstić information content (AvgIpc) is 2.16. The average molecular weight is 198 g/mol. The first-order chi connectivity index (χ1) is 6.43. The molecule has 0 heterocycles. The summed E-state index contributed by atoms with van der Waals surface area (Å²) < 4.78 is 19.3. The predicted octanol–water partition coefficient (Wildman–Crippen LogP) is 3.27. The van der Waals surface area contributed by atoms with Crippen molar-refractivity contribution in [2.75, 3.05) is 0 Å². The molecule has 0 N–H and O–H groups in total. The van der Waals surface area contributed by atoms with Crippen LogP contribution in [-0.4, -0.2) is 18.4 Å². The van der Waals surface area contributed by atoms with E-state index in [-0.39, 0.29) is 11.5 Å². The molecule has 0 spiro atoms. The van der Waals surface area contributed by atoms with E-state index in [9.17, 15) is 4.39 Å². The van der Waals surface area contributed by atoms with E-state index in [1.165, 1.54) is 0 Å². The molecule has 2 unspecified atom stereocenters. The Kier molecular flexibility index (Phi) is 3.48. The van der Waals surface area contributed by atoms with Crippen LogP contribution in [0.25, 0.3) is 0 Å². The van der Waals surface area contributed by atoms with Gasteiger partial charge in [0.15, 0.2) is 0 Å². The fourth-order valence-corrected chi connectivity index (χ4v) is 1.62. The van der Waals surface area contributed by atoms with Gasteiger partial charge in [-0.25, -0.2) is 4.39 Å². The fourth-order valence-electron chi connectivity index (χ4n) is 1.62. The van der Waals surface area contributed by atoms with Crippen LogP contribution in [0.1, 0.15) is 27.7 Å². The molecule has 1 rings (SSSR count). The molecule has 1 aliphatic carbocycles. The third-order valence-electron chi connectivity index (χ3n) is 2.37. The van der Waals surface area contributed by atoms with Crippen molar-refractivity contribution in [3.8, 4) is 0 Å². The molecule has 0 aromatic rings. The summed E-state index contributed by atoms with van der Waals surface area (Å²) in [5, 5.41) is 0. The van der Waals surface area contributed by atoms with Gasteiger partial charge in [-0.3, -0.25) is 0 Å². The van der Waals surface area contributed by atoms with Gasteiger partial charge in [0.2, 0.25) is 0 Å². The lowest BCUT2D eigenvalue weighted by Gasteiger charge is -2.33. The molecular formula is C12H19FO. The van der Waals surface area contributed by atoms with Gasteiger partial charge in [0, 0.05) is 5.41 Å². The quantitative estimate of drug-likeness (QED) is 0.661. The number of hydrogen-bond donors (Lipinski definition) is 0. The van der Waals surface area contributed by atoms with Crippen LogP contribution < -0.4 is 0 Å². The van der Waals surface area contributed by atoms with Crippen molar-refractivity contribution in [1.82, 2.24) is 0 Å². The number of alkyl halides is 1. The Morgan fingerprint density at radius 1 is 1.29 bits per heavy atom. The van der Waals surface area contributed by atoms with E-state index in [1.807, 2.05) is 39.8 Å². The summed E-state index contributed by atoms with van der Waals surface area (Å²) in [7, 11) is 0. The van der Waals surface area contributed by atoms with Crippen LogP contribution in [0, 0.1) is 5.41 Å². The zero-order valence-electron chi connectivity index (χ0n) is 9.33. The summed E-state index contributed by atoms with van der Waals surface area (Å²) in [5.74, 6) is 0. The topological polar surface area (TPSA) is 9.23 Å². The molecule has 2 heteroatoms. The molecule has 0 aromatic carbocycles. The molecule has 0 fully saturated rings. The number of halogens is 1. The highest BCUT2D eigenvalue weighted by Crippen LogP contribution is 2.32. The Bertz CT molecular complexity index is 241. The summed E-state index contributed by atoms with van der Waals surface area (Å²) in [6.45, 7) is 7.86. The normalized spacial score (nSPS) is 30.7. The summed E-state index contributed by atoms with van der Waals surface area (Å²) >= 11 is 0. The van der Waals surface area contributed by atoms with Crippen LogP contribution in [0.2, 0.25) is 0 Å². The van der Waals surface area contributed by atoms with E-state index in [1.54, 1.807) is 12.2 Å². The highest BCUT2D eigenvalue weighted by atomic mass is 19.1. The SMILES string of the molecule is CC(C)OC1C(F)C=CC=CC1(C)C. The van der Waals surface area contributed by atoms with Gasteiger partial charge in [0.1, 0.15) is 12.3 Å². The lowest BCUT2D eigenvalue weighted by molar-refractivity contribution is -0.0706. The van der Waals surface area contributed by atoms with E-state index in [0.717, 1.165) is 0 Å². The molecule has 0 amide bonds. The molecule has 0 bridgehead atoms.